The van der Waals surface area contributed by atoms with Crippen molar-refractivity contribution in [2.45, 2.75) is 13.0 Å². The molecule has 1 unspecified atom stereocenters. The molecule has 0 saturated heterocycles. The van der Waals surface area contributed by atoms with Crippen LogP contribution in [0.3, 0.4) is 0 Å². The van der Waals surface area contributed by atoms with Crippen molar-refractivity contribution in [3.8, 4) is 5.75 Å². The molecule has 0 fully saturated rings. The molecule has 2 aromatic rings. The van der Waals surface area contributed by atoms with Gasteiger partial charge in [-0.05, 0) is 46.2 Å². The quantitative estimate of drug-likeness (QED) is 0.911. The van der Waals surface area contributed by atoms with Crippen molar-refractivity contribution in [2.24, 2.45) is 0 Å². The fourth-order valence-corrected chi connectivity index (χ4v) is 3.30. The number of ether oxygens (including phenoxy) is 1. The van der Waals surface area contributed by atoms with E-state index in [1.54, 1.807) is 24.6 Å². The Morgan fingerprint density at radius 1 is 1.44 bits per heavy atom. The molecule has 96 valence electrons. The van der Waals surface area contributed by atoms with Crippen LogP contribution in [0.4, 0.5) is 0 Å². The standard InChI is InChI=1S/C13H15BrN2OS/c1-3-16-13(11-4-5-12(14)18-11)9-6-10(17-2)8-15-7-9/h4-8,13,16H,3H2,1-2H3. The lowest BCUT2D eigenvalue weighted by molar-refractivity contribution is 0.411. The van der Waals surface area contributed by atoms with Gasteiger partial charge in [0.1, 0.15) is 5.75 Å². The second-order valence-electron chi connectivity index (χ2n) is 3.79. The monoisotopic (exact) mass is 326 g/mol. The molecule has 1 N–H and O–H groups in total. The molecule has 0 bridgehead atoms. The van der Waals surface area contributed by atoms with Crippen molar-refractivity contribution in [3.63, 3.8) is 0 Å². The van der Waals surface area contributed by atoms with Crippen LogP contribution in [-0.4, -0.2) is 18.6 Å². The van der Waals surface area contributed by atoms with Crippen molar-refractivity contribution < 1.29 is 4.74 Å². The Morgan fingerprint density at radius 2 is 2.28 bits per heavy atom. The summed E-state index contributed by atoms with van der Waals surface area (Å²) in [6.45, 7) is 3.00. The summed E-state index contributed by atoms with van der Waals surface area (Å²) in [5.74, 6) is 0.783. The number of aromatic nitrogens is 1. The average Bonchev–Trinajstić information content (AvgIpc) is 2.82. The minimum absolute atomic E-state index is 0.161. The van der Waals surface area contributed by atoms with Gasteiger partial charge in [-0.15, -0.1) is 11.3 Å². The van der Waals surface area contributed by atoms with Gasteiger partial charge in [0.2, 0.25) is 0 Å². The Balaban J connectivity index is 2.34. The van der Waals surface area contributed by atoms with Crippen LogP contribution in [0.15, 0.2) is 34.4 Å². The predicted octanol–water partition coefficient (Wildman–Crippen LogP) is 3.61. The van der Waals surface area contributed by atoms with E-state index in [9.17, 15) is 0 Å². The highest BCUT2D eigenvalue weighted by Crippen LogP contribution is 2.31. The number of hydrogen-bond acceptors (Lipinski definition) is 4. The molecule has 1 atom stereocenters. The molecule has 0 radical (unpaired) electrons. The van der Waals surface area contributed by atoms with Crippen molar-refractivity contribution in [3.05, 3.63) is 44.8 Å². The topological polar surface area (TPSA) is 34.2 Å². The van der Waals surface area contributed by atoms with E-state index in [0.717, 1.165) is 21.6 Å². The fraction of sp³-hybridized carbons (Fsp3) is 0.308. The molecular formula is C13H15BrN2OS. The van der Waals surface area contributed by atoms with Crippen LogP contribution in [0.1, 0.15) is 23.4 Å². The molecule has 0 spiro atoms. The van der Waals surface area contributed by atoms with Crippen LogP contribution in [0, 0.1) is 0 Å². The Bertz CT molecular complexity index is 515. The van der Waals surface area contributed by atoms with E-state index < -0.39 is 0 Å². The lowest BCUT2D eigenvalue weighted by Crippen LogP contribution is -2.21. The Kier molecular flexibility index (Phi) is 4.74. The first-order valence-corrected chi connectivity index (χ1v) is 7.33. The molecule has 0 aliphatic heterocycles. The maximum atomic E-state index is 5.23. The number of halogens is 1. The summed E-state index contributed by atoms with van der Waals surface area (Å²) in [4.78, 5) is 5.48. The second-order valence-corrected chi connectivity index (χ2v) is 6.29. The van der Waals surface area contributed by atoms with E-state index in [1.807, 2.05) is 12.3 Å². The van der Waals surface area contributed by atoms with Crippen molar-refractivity contribution in [1.82, 2.24) is 10.3 Å². The van der Waals surface area contributed by atoms with Gasteiger partial charge in [0.05, 0.1) is 23.1 Å². The predicted molar refractivity (Wildman–Crippen MR) is 78.3 cm³/mol. The number of pyridine rings is 1. The lowest BCUT2D eigenvalue weighted by atomic mass is 10.1. The van der Waals surface area contributed by atoms with E-state index in [1.165, 1.54) is 4.88 Å². The summed E-state index contributed by atoms with van der Waals surface area (Å²) in [6, 6.07) is 6.38. The SMILES string of the molecule is CCNC(c1cncc(OC)c1)c1ccc(Br)s1. The third kappa shape index (κ3) is 3.10. The minimum atomic E-state index is 0.161. The van der Waals surface area contributed by atoms with Crippen LogP contribution in [0.5, 0.6) is 5.75 Å². The second kappa shape index (κ2) is 6.31. The van der Waals surface area contributed by atoms with Crippen LogP contribution < -0.4 is 10.1 Å². The third-order valence-corrected chi connectivity index (χ3v) is 4.28. The highest BCUT2D eigenvalue weighted by atomic mass is 79.9. The summed E-state index contributed by atoms with van der Waals surface area (Å²) >= 11 is 5.23. The molecule has 0 saturated carbocycles. The molecule has 18 heavy (non-hydrogen) atoms. The van der Waals surface area contributed by atoms with E-state index in [4.69, 9.17) is 4.74 Å². The van der Waals surface area contributed by atoms with Gasteiger partial charge in [0.25, 0.3) is 0 Å². The lowest BCUT2D eigenvalue weighted by Gasteiger charge is -2.17. The van der Waals surface area contributed by atoms with Crippen LogP contribution in [0.25, 0.3) is 0 Å². The molecule has 0 aliphatic carbocycles. The molecule has 0 amide bonds. The number of hydrogen-bond donors (Lipinski definition) is 1. The Labute approximate surface area is 119 Å². The highest BCUT2D eigenvalue weighted by molar-refractivity contribution is 9.11. The zero-order valence-corrected chi connectivity index (χ0v) is 12.7. The first-order valence-electron chi connectivity index (χ1n) is 5.72. The summed E-state index contributed by atoms with van der Waals surface area (Å²) in [5, 5.41) is 3.47. The van der Waals surface area contributed by atoms with E-state index in [2.05, 4.69) is 45.3 Å². The summed E-state index contributed by atoms with van der Waals surface area (Å²) in [7, 11) is 1.66. The summed E-state index contributed by atoms with van der Waals surface area (Å²) < 4.78 is 6.36. The van der Waals surface area contributed by atoms with Crippen LogP contribution in [-0.2, 0) is 0 Å². The molecule has 5 heteroatoms. The average molecular weight is 327 g/mol. The Hall–Kier alpha value is -0.910. The van der Waals surface area contributed by atoms with Crippen molar-refractivity contribution in [1.29, 1.82) is 0 Å². The first kappa shape index (κ1) is 13.5. The highest BCUT2D eigenvalue weighted by Gasteiger charge is 2.16. The zero-order valence-electron chi connectivity index (χ0n) is 10.3. The maximum absolute atomic E-state index is 5.23. The van der Waals surface area contributed by atoms with Gasteiger partial charge in [0, 0.05) is 11.1 Å². The van der Waals surface area contributed by atoms with E-state index >= 15 is 0 Å². The number of nitrogens with one attached hydrogen (secondary N) is 1. The maximum Gasteiger partial charge on any atom is 0.137 e. The molecule has 0 aromatic carbocycles. The van der Waals surface area contributed by atoms with Gasteiger partial charge in [-0.1, -0.05) is 6.92 Å². The first-order chi connectivity index (χ1) is 8.74. The molecule has 0 aliphatic rings. The summed E-state index contributed by atoms with van der Waals surface area (Å²) in [5.41, 5.74) is 1.12. The molecule has 2 rings (SSSR count). The Morgan fingerprint density at radius 3 is 2.89 bits per heavy atom. The number of rotatable bonds is 5. The normalized spacial score (nSPS) is 12.4. The molecule has 2 heterocycles. The van der Waals surface area contributed by atoms with Gasteiger partial charge in [-0.3, -0.25) is 4.98 Å². The smallest absolute Gasteiger partial charge is 0.137 e. The number of nitrogens with zero attached hydrogens (tertiary/aromatic N) is 1. The largest absolute Gasteiger partial charge is 0.495 e. The van der Waals surface area contributed by atoms with Gasteiger partial charge >= 0.3 is 0 Å². The fourth-order valence-electron chi connectivity index (χ4n) is 1.78. The van der Waals surface area contributed by atoms with Crippen molar-refractivity contribution in [2.75, 3.05) is 13.7 Å². The molecule has 3 nitrogen and oxygen atoms in total. The van der Waals surface area contributed by atoms with E-state index in [0.29, 0.717) is 0 Å². The van der Waals surface area contributed by atoms with Crippen LogP contribution >= 0.6 is 27.3 Å². The van der Waals surface area contributed by atoms with E-state index in [-0.39, 0.29) is 6.04 Å². The van der Waals surface area contributed by atoms with Crippen LogP contribution in [0.2, 0.25) is 0 Å². The van der Waals surface area contributed by atoms with Gasteiger partial charge in [-0.25, -0.2) is 0 Å². The third-order valence-electron chi connectivity index (χ3n) is 2.59. The minimum Gasteiger partial charge on any atom is -0.495 e. The molecule has 2 aromatic heterocycles. The zero-order chi connectivity index (χ0) is 13.0. The number of thiophene rings is 1. The van der Waals surface area contributed by atoms with Crippen molar-refractivity contribution >= 4 is 27.3 Å². The van der Waals surface area contributed by atoms with Gasteiger partial charge in [-0.2, -0.15) is 0 Å². The van der Waals surface area contributed by atoms with Gasteiger partial charge in [0.15, 0.2) is 0 Å². The molecular weight excluding hydrogens is 312 g/mol. The summed E-state index contributed by atoms with van der Waals surface area (Å²) in [6.07, 6.45) is 3.60. The number of methoxy groups -OCH3 is 1. The van der Waals surface area contributed by atoms with Gasteiger partial charge < -0.3 is 10.1 Å².